The molecule has 1 aromatic heterocycles. The lowest BCUT2D eigenvalue weighted by molar-refractivity contribution is -0.121. The Bertz CT molecular complexity index is 649. The standard InChI is InChI=1S/C18H22N2O4/c1-22-15-9-13(10-16(23-2)18(15)24-3)6-7-17(21)20-12-14-5-4-8-19-11-14/h4-5,8-11H,6-7,12H2,1-3H3,(H,20,21). The SMILES string of the molecule is COc1cc(CCC(=O)NCc2cccnc2)cc(OC)c1OC. The smallest absolute Gasteiger partial charge is 0.220 e. The first-order chi connectivity index (χ1) is 11.7. The lowest BCUT2D eigenvalue weighted by Gasteiger charge is -2.14. The van der Waals surface area contributed by atoms with E-state index in [9.17, 15) is 4.79 Å². The van der Waals surface area contributed by atoms with Crippen molar-refractivity contribution in [2.24, 2.45) is 0 Å². The van der Waals surface area contributed by atoms with E-state index in [1.807, 2.05) is 24.3 Å². The van der Waals surface area contributed by atoms with Crippen molar-refractivity contribution >= 4 is 5.91 Å². The average molecular weight is 330 g/mol. The molecule has 0 fully saturated rings. The van der Waals surface area contributed by atoms with Crippen molar-refractivity contribution < 1.29 is 19.0 Å². The molecule has 0 unspecified atom stereocenters. The molecule has 24 heavy (non-hydrogen) atoms. The molecule has 0 atom stereocenters. The van der Waals surface area contributed by atoms with Gasteiger partial charge in [-0.1, -0.05) is 6.07 Å². The van der Waals surface area contributed by atoms with Gasteiger partial charge in [0.05, 0.1) is 21.3 Å². The summed E-state index contributed by atoms with van der Waals surface area (Å²) in [5.41, 5.74) is 1.92. The summed E-state index contributed by atoms with van der Waals surface area (Å²) in [6, 6.07) is 7.48. The minimum absolute atomic E-state index is 0.0207. The van der Waals surface area contributed by atoms with Crippen LogP contribution in [0.3, 0.4) is 0 Å². The Morgan fingerprint density at radius 1 is 1.08 bits per heavy atom. The number of amides is 1. The van der Waals surface area contributed by atoms with Crippen LogP contribution in [0.2, 0.25) is 0 Å². The molecular formula is C18H22N2O4. The van der Waals surface area contributed by atoms with Gasteiger partial charge in [0.15, 0.2) is 11.5 Å². The largest absolute Gasteiger partial charge is 0.493 e. The number of aryl methyl sites for hydroxylation is 1. The number of nitrogens with one attached hydrogen (secondary N) is 1. The molecule has 0 aliphatic carbocycles. The Kier molecular flexibility index (Phi) is 6.42. The Morgan fingerprint density at radius 3 is 2.33 bits per heavy atom. The first-order valence-electron chi connectivity index (χ1n) is 7.62. The van der Waals surface area contributed by atoms with Gasteiger partial charge in [0, 0.05) is 25.4 Å². The molecule has 128 valence electrons. The summed E-state index contributed by atoms with van der Waals surface area (Å²) in [6.45, 7) is 0.474. The molecule has 2 aromatic rings. The van der Waals surface area contributed by atoms with Crippen molar-refractivity contribution in [3.63, 3.8) is 0 Å². The minimum Gasteiger partial charge on any atom is -0.493 e. The second kappa shape index (κ2) is 8.76. The molecule has 1 amide bonds. The van der Waals surface area contributed by atoms with Crippen LogP contribution >= 0.6 is 0 Å². The van der Waals surface area contributed by atoms with Crippen LogP contribution < -0.4 is 19.5 Å². The van der Waals surface area contributed by atoms with E-state index >= 15 is 0 Å². The van der Waals surface area contributed by atoms with Gasteiger partial charge in [-0.3, -0.25) is 9.78 Å². The van der Waals surface area contributed by atoms with Crippen molar-refractivity contribution in [2.75, 3.05) is 21.3 Å². The molecule has 0 aliphatic rings. The van der Waals surface area contributed by atoms with Crippen molar-refractivity contribution in [1.82, 2.24) is 10.3 Å². The normalized spacial score (nSPS) is 10.1. The summed E-state index contributed by atoms with van der Waals surface area (Å²) in [5.74, 6) is 1.70. The van der Waals surface area contributed by atoms with E-state index in [2.05, 4.69) is 10.3 Å². The molecule has 2 rings (SSSR count). The quantitative estimate of drug-likeness (QED) is 0.804. The van der Waals surface area contributed by atoms with Crippen LogP contribution in [0, 0.1) is 0 Å². The zero-order valence-electron chi connectivity index (χ0n) is 14.2. The minimum atomic E-state index is -0.0207. The monoisotopic (exact) mass is 330 g/mol. The summed E-state index contributed by atoms with van der Waals surface area (Å²) in [5, 5.41) is 2.88. The number of nitrogens with zero attached hydrogens (tertiary/aromatic N) is 1. The Morgan fingerprint density at radius 2 is 1.79 bits per heavy atom. The van der Waals surface area contributed by atoms with E-state index in [1.54, 1.807) is 33.7 Å². The van der Waals surface area contributed by atoms with Crippen LogP contribution in [0.4, 0.5) is 0 Å². The number of methoxy groups -OCH3 is 3. The van der Waals surface area contributed by atoms with Gasteiger partial charge in [-0.2, -0.15) is 0 Å². The molecule has 6 heteroatoms. The van der Waals surface area contributed by atoms with Gasteiger partial charge in [-0.15, -0.1) is 0 Å². The number of hydrogen-bond acceptors (Lipinski definition) is 5. The molecule has 0 aliphatic heterocycles. The molecule has 1 heterocycles. The van der Waals surface area contributed by atoms with E-state index in [-0.39, 0.29) is 5.91 Å². The molecule has 0 radical (unpaired) electrons. The van der Waals surface area contributed by atoms with Crippen molar-refractivity contribution in [3.05, 3.63) is 47.8 Å². The van der Waals surface area contributed by atoms with Crippen LogP contribution in [-0.4, -0.2) is 32.2 Å². The second-order valence-electron chi connectivity index (χ2n) is 5.17. The maximum Gasteiger partial charge on any atom is 0.220 e. The lowest BCUT2D eigenvalue weighted by atomic mass is 10.1. The predicted octanol–water partition coefficient (Wildman–Crippen LogP) is 2.36. The third kappa shape index (κ3) is 4.62. The number of benzene rings is 1. The van der Waals surface area contributed by atoms with E-state index in [1.165, 1.54) is 0 Å². The Labute approximate surface area is 141 Å². The van der Waals surface area contributed by atoms with Crippen molar-refractivity contribution in [3.8, 4) is 17.2 Å². The van der Waals surface area contributed by atoms with Crippen LogP contribution in [0.25, 0.3) is 0 Å². The average Bonchev–Trinajstić information content (AvgIpc) is 2.64. The molecule has 0 saturated carbocycles. The maximum atomic E-state index is 12.0. The zero-order chi connectivity index (χ0) is 17.4. The first kappa shape index (κ1) is 17.6. The van der Waals surface area contributed by atoms with Crippen molar-refractivity contribution in [1.29, 1.82) is 0 Å². The lowest BCUT2D eigenvalue weighted by Crippen LogP contribution is -2.23. The molecule has 1 aromatic carbocycles. The topological polar surface area (TPSA) is 69.7 Å². The molecule has 0 bridgehead atoms. The van der Waals surface area contributed by atoms with Crippen molar-refractivity contribution in [2.45, 2.75) is 19.4 Å². The number of pyridine rings is 1. The van der Waals surface area contributed by atoms with Crippen LogP contribution in [0.1, 0.15) is 17.5 Å². The molecule has 0 spiro atoms. The number of rotatable bonds is 8. The first-order valence-corrected chi connectivity index (χ1v) is 7.62. The summed E-state index contributed by atoms with van der Waals surface area (Å²) in [4.78, 5) is 16.0. The fraction of sp³-hybridized carbons (Fsp3) is 0.333. The molecule has 6 nitrogen and oxygen atoms in total. The van der Waals surface area contributed by atoms with Gasteiger partial charge in [0.1, 0.15) is 0 Å². The van der Waals surface area contributed by atoms with Gasteiger partial charge in [-0.05, 0) is 35.7 Å². The van der Waals surface area contributed by atoms with E-state index in [4.69, 9.17) is 14.2 Å². The maximum absolute atomic E-state index is 12.0. The van der Waals surface area contributed by atoms with Crippen LogP contribution in [0.15, 0.2) is 36.7 Å². The summed E-state index contributed by atoms with van der Waals surface area (Å²) < 4.78 is 15.9. The number of hydrogen-bond donors (Lipinski definition) is 1. The van der Waals surface area contributed by atoms with Gasteiger partial charge in [0.2, 0.25) is 11.7 Å². The molecule has 0 saturated heterocycles. The highest BCUT2D eigenvalue weighted by molar-refractivity contribution is 5.76. The molecular weight excluding hydrogens is 308 g/mol. The number of carbonyl (C=O) groups excluding carboxylic acids is 1. The summed E-state index contributed by atoms with van der Waals surface area (Å²) in [6.07, 6.45) is 4.39. The third-order valence-electron chi connectivity index (χ3n) is 3.58. The summed E-state index contributed by atoms with van der Waals surface area (Å²) >= 11 is 0. The Balaban J connectivity index is 1.94. The fourth-order valence-electron chi connectivity index (χ4n) is 2.33. The predicted molar refractivity (Wildman–Crippen MR) is 90.5 cm³/mol. The zero-order valence-corrected chi connectivity index (χ0v) is 14.2. The van der Waals surface area contributed by atoms with Crippen LogP contribution in [-0.2, 0) is 17.8 Å². The third-order valence-corrected chi connectivity index (χ3v) is 3.58. The number of aromatic nitrogens is 1. The van der Waals surface area contributed by atoms with Gasteiger partial charge in [-0.25, -0.2) is 0 Å². The van der Waals surface area contributed by atoms with E-state index in [0.717, 1.165) is 11.1 Å². The fourth-order valence-corrected chi connectivity index (χ4v) is 2.33. The second-order valence-corrected chi connectivity index (χ2v) is 5.17. The number of ether oxygens (including phenoxy) is 3. The number of carbonyl (C=O) groups is 1. The van der Waals surface area contributed by atoms with Crippen LogP contribution in [0.5, 0.6) is 17.2 Å². The highest BCUT2D eigenvalue weighted by atomic mass is 16.5. The molecule has 1 N–H and O–H groups in total. The van der Waals surface area contributed by atoms with Gasteiger partial charge >= 0.3 is 0 Å². The summed E-state index contributed by atoms with van der Waals surface area (Å²) in [7, 11) is 4.70. The van der Waals surface area contributed by atoms with E-state index < -0.39 is 0 Å². The van der Waals surface area contributed by atoms with Gasteiger partial charge < -0.3 is 19.5 Å². The van der Waals surface area contributed by atoms with Gasteiger partial charge in [0.25, 0.3) is 0 Å². The highest BCUT2D eigenvalue weighted by Gasteiger charge is 2.13. The highest BCUT2D eigenvalue weighted by Crippen LogP contribution is 2.38. The van der Waals surface area contributed by atoms with E-state index in [0.29, 0.717) is 36.6 Å². The Hall–Kier alpha value is -2.76.